The molecule has 3 aromatic rings. The summed E-state index contributed by atoms with van der Waals surface area (Å²) >= 11 is 9.53. The molecular weight excluding hydrogens is 392 g/mol. The van der Waals surface area contributed by atoms with Crippen molar-refractivity contribution in [2.45, 2.75) is 13.1 Å². The Morgan fingerprint density at radius 1 is 1.12 bits per heavy atom. The number of rotatable bonds is 1. The fraction of sp³-hybridized carbons (Fsp3) is 0.118. The van der Waals surface area contributed by atoms with Gasteiger partial charge in [0.1, 0.15) is 5.69 Å². The normalized spacial score (nSPS) is 13.3. The van der Waals surface area contributed by atoms with E-state index in [1.54, 1.807) is 23.1 Å². The van der Waals surface area contributed by atoms with Crippen LogP contribution in [-0.2, 0) is 13.1 Å². The average molecular weight is 404 g/mol. The minimum atomic E-state index is -0.177. The highest BCUT2D eigenvalue weighted by molar-refractivity contribution is 9.10. The van der Waals surface area contributed by atoms with Gasteiger partial charge < -0.3 is 10.6 Å². The molecule has 0 saturated carbocycles. The van der Waals surface area contributed by atoms with Crippen LogP contribution in [0, 0.1) is 0 Å². The van der Waals surface area contributed by atoms with Crippen LogP contribution in [0.15, 0.2) is 40.9 Å². The van der Waals surface area contributed by atoms with E-state index < -0.39 is 0 Å². The molecule has 1 amide bonds. The Bertz CT molecular complexity index is 992. The number of nitrogens with two attached hydrogens (primary N) is 1. The number of carbonyl (C=O) groups excluding carboxylic acids is 1. The molecule has 120 valence electrons. The van der Waals surface area contributed by atoms with Crippen LogP contribution in [0.3, 0.4) is 0 Å². The number of amides is 1. The Morgan fingerprint density at radius 2 is 1.92 bits per heavy atom. The fourth-order valence-corrected chi connectivity index (χ4v) is 3.52. The second-order valence-corrected chi connectivity index (χ2v) is 7.02. The minimum Gasteiger partial charge on any atom is -0.368 e. The Hall–Kier alpha value is -2.18. The number of aromatic nitrogens is 2. The molecule has 0 aliphatic carbocycles. The second-order valence-electron chi connectivity index (χ2n) is 5.67. The van der Waals surface area contributed by atoms with Crippen molar-refractivity contribution in [3.05, 3.63) is 62.7 Å². The van der Waals surface area contributed by atoms with Gasteiger partial charge in [0.2, 0.25) is 5.95 Å². The topological polar surface area (TPSA) is 72.1 Å². The molecule has 0 radical (unpaired) electrons. The molecule has 0 spiro atoms. The van der Waals surface area contributed by atoms with Gasteiger partial charge in [-0.2, -0.15) is 0 Å². The van der Waals surface area contributed by atoms with Crippen molar-refractivity contribution in [3.63, 3.8) is 0 Å². The number of fused-ring (bicyclic) bond motifs is 2. The lowest BCUT2D eigenvalue weighted by atomic mass is 10.1. The maximum atomic E-state index is 13.0. The lowest BCUT2D eigenvalue weighted by Crippen LogP contribution is -2.27. The molecule has 24 heavy (non-hydrogen) atoms. The molecule has 0 atom stereocenters. The van der Waals surface area contributed by atoms with E-state index in [-0.39, 0.29) is 17.5 Å². The van der Waals surface area contributed by atoms with Gasteiger partial charge in [-0.15, -0.1) is 0 Å². The Labute approximate surface area is 151 Å². The van der Waals surface area contributed by atoms with E-state index >= 15 is 0 Å². The third-order valence-corrected chi connectivity index (χ3v) is 4.78. The van der Waals surface area contributed by atoms with Gasteiger partial charge >= 0.3 is 0 Å². The van der Waals surface area contributed by atoms with Crippen LogP contribution in [0.1, 0.15) is 21.6 Å². The van der Waals surface area contributed by atoms with Crippen molar-refractivity contribution in [1.29, 1.82) is 0 Å². The Morgan fingerprint density at radius 3 is 2.75 bits per heavy atom. The molecule has 2 N–H and O–H groups in total. The summed E-state index contributed by atoms with van der Waals surface area (Å²) < 4.78 is 0.999. The quantitative estimate of drug-likeness (QED) is 0.671. The first-order valence-corrected chi connectivity index (χ1v) is 8.48. The molecular formula is C17H12BrClN4O. The number of hydrogen-bond acceptors (Lipinski definition) is 4. The Kier molecular flexibility index (Phi) is 3.66. The van der Waals surface area contributed by atoms with Gasteiger partial charge in [-0.25, -0.2) is 9.97 Å². The van der Waals surface area contributed by atoms with Crippen LogP contribution in [0.4, 0.5) is 5.95 Å². The highest BCUT2D eigenvalue weighted by Crippen LogP contribution is 2.29. The third-order valence-electron chi connectivity index (χ3n) is 4.06. The van der Waals surface area contributed by atoms with E-state index in [0.29, 0.717) is 29.0 Å². The number of carbonyl (C=O) groups is 1. The minimum absolute atomic E-state index is 0.0765. The van der Waals surface area contributed by atoms with E-state index in [2.05, 4.69) is 25.9 Å². The molecule has 1 aromatic heterocycles. The van der Waals surface area contributed by atoms with Crippen molar-refractivity contribution >= 4 is 50.3 Å². The average Bonchev–Trinajstić information content (AvgIpc) is 2.97. The summed E-state index contributed by atoms with van der Waals surface area (Å²) in [4.78, 5) is 23.1. The summed E-state index contributed by atoms with van der Waals surface area (Å²) in [6.07, 6.45) is 0. The molecule has 4 rings (SSSR count). The molecule has 1 aliphatic heterocycles. The molecule has 2 heterocycles. The highest BCUT2D eigenvalue weighted by Gasteiger charge is 2.27. The largest absolute Gasteiger partial charge is 0.368 e. The summed E-state index contributed by atoms with van der Waals surface area (Å²) in [6.45, 7) is 1.09. The molecule has 0 bridgehead atoms. The SMILES string of the molecule is Nc1nc(C(=O)N2Cc3ccc(Br)cc3C2)c2cc(Cl)ccc2n1. The number of nitrogens with zero attached hydrogens (tertiary/aromatic N) is 3. The second kappa shape index (κ2) is 5.72. The first-order chi connectivity index (χ1) is 11.5. The standard InChI is InChI=1S/C17H12BrClN4O/c18-11-2-1-9-7-23(8-10(9)5-11)16(24)15-13-6-12(19)3-4-14(13)21-17(20)22-15/h1-6H,7-8H2,(H2,20,21,22). The van der Waals surface area contributed by atoms with Gasteiger partial charge in [-0.05, 0) is 41.5 Å². The summed E-state index contributed by atoms with van der Waals surface area (Å²) in [7, 11) is 0. The first kappa shape index (κ1) is 15.4. The zero-order valence-electron chi connectivity index (χ0n) is 12.5. The zero-order valence-corrected chi connectivity index (χ0v) is 14.8. The van der Waals surface area contributed by atoms with E-state index in [1.165, 1.54) is 0 Å². The van der Waals surface area contributed by atoms with Crippen LogP contribution >= 0.6 is 27.5 Å². The third kappa shape index (κ3) is 2.61. The smallest absolute Gasteiger partial charge is 0.273 e. The number of halogens is 2. The maximum absolute atomic E-state index is 13.0. The van der Waals surface area contributed by atoms with Crippen LogP contribution < -0.4 is 5.73 Å². The molecule has 5 nitrogen and oxygen atoms in total. The lowest BCUT2D eigenvalue weighted by Gasteiger charge is -2.16. The van der Waals surface area contributed by atoms with Crippen molar-refractivity contribution in [2.24, 2.45) is 0 Å². The van der Waals surface area contributed by atoms with Gasteiger partial charge in [-0.3, -0.25) is 4.79 Å². The predicted octanol–water partition coefficient (Wildman–Crippen LogP) is 3.78. The van der Waals surface area contributed by atoms with Gasteiger partial charge in [0.25, 0.3) is 5.91 Å². The molecule has 0 saturated heterocycles. The fourth-order valence-electron chi connectivity index (χ4n) is 2.94. The van der Waals surface area contributed by atoms with Crippen LogP contribution in [0.2, 0.25) is 5.02 Å². The summed E-state index contributed by atoms with van der Waals surface area (Å²) in [6, 6.07) is 11.2. The van der Waals surface area contributed by atoms with Gasteiger partial charge in [-0.1, -0.05) is 33.6 Å². The lowest BCUT2D eigenvalue weighted by molar-refractivity contribution is 0.0747. The van der Waals surface area contributed by atoms with E-state index in [1.807, 2.05) is 18.2 Å². The van der Waals surface area contributed by atoms with Gasteiger partial charge in [0, 0.05) is 28.0 Å². The summed E-state index contributed by atoms with van der Waals surface area (Å²) in [5.74, 6) is -0.101. The van der Waals surface area contributed by atoms with E-state index in [0.717, 1.165) is 15.6 Å². The molecule has 0 unspecified atom stereocenters. The van der Waals surface area contributed by atoms with Gasteiger partial charge in [0.05, 0.1) is 5.52 Å². The molecule has 2 aromatic carbocycles. The Balaban J connectivity index is 1.76. The summed E-state index contributed by atoms with van der Waals surface area (Å²) in [5, 5.41) is 1.14. The monoisotopic (exact) mass is 402 g/mol. The van der Waals surface area contributed by atoms with Crippen molar-refractivity contribution in [2.75, 3.05) is 5.73 Å². The predicted molar refractivity (Wildman–Crippen MR) is 96.7 cm³/mol. The van der Waals surface area contributed by atoms with Crippen LogP contribution in [0.25, 0.3) is 10.9 Å². The number of anilines is 1. The van der Waals surface area contributed by atoms with Gasteiger partial charge in [0.15, 0.2) is 0 Å². The number of hydrogen-bond donors (Lipinski definition) is 1. The van der Waals surface area contributed by atoms with Crippen LogP contribution in [0.5, 0.6) is 0 Å². The van der Waals surface area contributed by atoms with Crippen LogP contribution in [-0.4, -0.2) is 20.8 Å². The van der Waals surface area contributed by atoms with Crippen molar-refractivity contribution in [3.8, 4) is 0 Å². The highest BCUT2D eigenvalue weighted by atomic mass is 79.9. The first-order valence-electron chi connectivity index (χ1n) is 7.30. The van der Waals surface area contributed by atoms with Crippen molar-refractivity contribution in [1.82, 2.24) is 14.9 Å². The number of nitrogen functional groups attached to an aromatic ring is 1. The molecule has 1 aliphatic rings. The zero-order chi connectivity index (χ0) is 16.8. The van der Waals surface area contributed by atoms with Crippen molar-refractivity contribution < 1.29 is 4.79 Å². The van der Waals surface area contributed by atoms with E-state index in [4.69, 9.17) is 17.3 Å². The summed E-state index contributed by atoms with van der Waals surface area (Å²) in [5.41, 5.74) is 8.92. The molecule has 0 fully saturated rings. The molecule has 7 heteroatoms. The number of benzene rings is 2. The maximum Gasteiger partial charge on any atom is 0.273 e. The van der Waals surface area contributed by atoms with E-state index in [9.17, 15) is 4.79 Å².